The number of sulfone groups is 1. The first-order valence-electron chi connectivity index (χ1n) is 8.59. The van der Waals surface area contributed by atoms with E-state index in [-0.39, 0.29) is 6.04 Å². The van der Waals surface area contributed by atoms with Crippen LogP contribution in [0.25, 0.3) is 0 Å². The lowest BCUT2D eigenvalue weighted by Gasteiger charge is -2.41. The molecule has 2 fully saturated rings. The van der Waals surface area contributed by atoms with Crippen molar-refractivity contribution in [1.29, 1.82) is 0 Å². The minimum absolute atomic E-state index is 0.174. The number of nitrogens with one attached hydrogen (secondary N) is 1. The molecule has 0 aromatic heterocycles. The second-order valence-electron chi connectivity index (χ2n) is 7.20. The third kappa shape index (κ3) is 4.93. The fourth-order valence-corrected chi connectivity index (χ4v) is 5.53. The molecule has 1 heterocycles. The van der Waals surface area contributed by atoms with E-state index in [1.807, 2.05) is 0 Å². The van der Waals surface area contributed by atoms with E-state index in [1.165, 1.54) is 25.7 Å². The first-order chi connectivity index (χ1) is 9.91. The third-order valence-electron chi connectivity index (χ3n) is 5.18. The van der Waals surface area contributed by atoms with Crippen molar-refractivity contribution in [3.8, 4) is 0 Å². The Bertz CT molecular complexity index is 422. The molecule has 1 aliphatic carbocycles. The Balaban J connectivity index is 1.94. The fraction of sp³-hybridized carbons (Fsp3) is 1.00. The summed E-state index contributed by atoms with van der Waals surface area (Å²) >= 11 is 0. The van der Waals surface area contributed by atoms with Crippen molar-refractivity contribution in [3.63, 3.8) is 0 Å². The summed E-state index contributed by atoms with van der Waals surface area (Å²) in [5, 5.41) is 3.72. The Morgan fingerprint density at radius 1 is 1.24 bits per heavy atom. The zero-order valence-electron chi connectivity index (χ0n) is 13.8. The van der Waals surface area contributed by atoms with E-state index in [0.717, 1.165) is 25.6 Å². The van der Waals surface area contributed by atoms with E-state index in [2.05, 4.69) is 31.0 Å². The van der Waals surface area contributed by atoms with Gasteiger partial charge in [0.25, 0.3) is 0 Å². The molecule has 0 radical (unpaired) electrons. The van der Waals surface area contributed by atoms with Crippen LogP contribution in [0, 0.1) is 11.8 Å². The molecular formula is C16H32N2O2S. The van der Waals surface area contributed by atoms with Gasteiger partial charge in [0, 0.05) is 25.2 Å². The van der Waals surface area contributed by atoms with Gasteiger partial charge >= 0.3 is 0 Å². The van der Waals surface area contributed by atoms with Crippen LogP contribution < -0.4 is 5.32 Å². The molecule has 4 nitrogen and oxygen atoms in total. The molecule has 21 heavy (non-hydrogen) atoms. The quantitative estimate of drug-likeness (QED) is 0.842. The van der Waals surface area contributed by atoms with Crippen LogP contribution in [0.5, 0.6) is 0 Å². The average Bonchev–Trinajstić information content (AvgIpc) is 2.40. The third-order valence-corrected chi connectivity index (χ3v) is 6.97. The molecule has 0 amide bonds. The van der Waals surface area contributed by atoms with Crippen LogP contribution in [0.15, 0.2) is 0 Å². The maximum atomic E-state index is 11.7. The van der Waals surface area contributed by atoms with E-state index < -0.39 is 9.84 Å². The molecule has 0 spiro atoms. The van der Waals surface area contributed by atoms with Crippen molar-refractivity contribution < 1.29 is 8.42 Å². The summed E-state index contributed by atoms with van der Waals surface area (Å²) in [7, 11) is -2.80. The summed E-state index contributed by atoms with van der Waals surface area (Å²) < 4.78 is 23.4. The molecule has 0 bridgehead atoms. The van der Waals surface area contributed by atoms with Crippen molar-refractivity contribution in [1.82, 2.24) is 10.2 Å². The van der Waals surface area contributed by atoms with E-state index in [9.17, 15) is 8.42 Å². The van der Waals surface area contributed by atoms with Gasteiger partial charge in [-0.15, -0.1) is 0 Å². The lowest BCUT2D eigenvalue weighted by Crippen LogP contribution is -2.52. The highest BCUT2D eigenvalue weighted by Crippen LogP contribution is 2.30. The minimum atomic E-state index is -2.80. The van der Waals surface area contributed by atoms with Crippen LogP contribution in [-0.4, -0.2) is 56.5 Å². The highest BCUT2D eigenvalue weighted by molar-refractivity contribution is 7.91. The molecule has 5 heteroatoms. The standard InChI is InChI=1S/C16H32N2O2S/c1-4-7-17-16-6-5-13(2)10-15(16)11-18-8-9-21(19,20)12-14(18)3/h13-17H,4-12H2,1-3H3. The smallest absolute Gasteiger partial charge is 0.153 e. The Hall–Kier alpha value is -0.130. The van der Waals surface area contributed by atoms with Gasteiger partial charge in [-0.05, 0) is 51.0 Å². The number of hydrogen-bond donors (Lipinski definition) is 1. The zero-order chi connectivity index (χ0) is 15.5. The SMILES string of the molecule is CCCNC1CCC(C)CC1CN1CCS(=O)(=O)CC1C. The van der Waals surface area contributed by atoms with Gasteiger partial charge in [0.2, 0.25) is 0 Å². The summed E-state index contributed by atoms with van der Waals surface area (Å²) in [4.78, 5) is 2.41. The van der Waals surface area contributed by atoms with Gasteiger partial charge in [0.05, 0.1) is 11.5 Å². The van der Waals surface area contributed by atoms with E-state index in [4.69, 9.17) is 0 Å². The molecule has 124 valence electrons. The maximum Gasteiger partial charge on any atom is 0.153 e. The van der Waals surface area contributed by atoms with Crippen LogP contribution in [0.4, 0.5) is 0 Å². The van der Waals surface area contributed by atoms with Gasteiger partial charge in [-0.3, -0.25) is 4.90 Å². The van der Waals surface area contributed by atoms with Crippen LogP contribution in [0.1, 0.15) is 46.5 Å². The van der Waals surface area contributed by atoms with Gasteiger partial charge in [0.15, 0.2) is 9.84 Å². The van der Waals surface area contributed by atoms with Crippen LogP contribution >= 0.6 is 0 Å². The Morgan fingerprint density at radius 2 is 2.00 bits per heavy atom. The monoisotopic (exact) mass is 316 g/mol. The van der Waals surface area contributed by atoms with Crippen molar-refractivity contribution >= 4 is 9.84 Å². The molecule has 1 N–H and O–H groups in total. The maximum absolute atomic E-state index is 11.7. The Morgan fingerprint density at radius 3 is 2.67 bits per heavy atom. The van der Waals surface area contributed by atoms with Gasteiger partial charge in [-0.25, -0.2) is 8.42 Å². The normalized spacial score (nSPS) is 37.5. The molecule has 2 aliphatic rings. The molecule has 1 saturated carbocycles. The molecule has 4 unspecified atom stereocenters. The Kier molecular flexibility index (Phi) is 6.09. The number of hydrogen-bond acceptors (Lipinski definition) is 4. The Labute approximate surface area is 130 Å². The lowest BCUT2D eigenvalue weighted by atomic mass is 9.78. The average molecular weight is 317 g/mol. The summed E-state index contributed by atoms with van der Waals surface area (Å²) in [5.41, 5.74) is 0. The van der Waals surface area contributed by atoms with Crippen LogP contribution in [0.2, 0.25) is 0 Å². The van der Waals surface area contributed by atoms with Gasteiger partial charge in [-0.1, -0.05) is 13.8 Å². The first-order valence-corrected chi connectivity index (χ1v) is 10.4. The van der Waals surface area contributed by atoms with Gasteiger partial charge in [0.1, 0.15) is 0 Å². The predicted molar refractivity (Wildman–Crippen MR) is 88.3 cm³/mol. The van der Waals surface area contributed by atoms with Crippen molar-refractivity contribution in [2.24, 2.45) is 11.8 Å². The summed E-state index contributed by atoms with van der Waals surface area (Å²) in [6.45, 7) is 9.51. The second-order valence-corrected chi connectivity index (χ2v) is 9.43. The molecule has 2 rings (SSSR count). The number of nitrogens with zero attached hydrogens (tertiary/aromatic N) is 1. The number of rotatable bonds is 5. The highest BCUT2D eigenvalue weighted by Gasteiger charge is 2.34. The summed E-state index contributed by atoms with van der Waals surface area (Å²) in [6, 6.07) is 0.791. The van der Waals surface area contributed by atoms with Crippen molar-refractivity contribution in [3.05, 3.63) is 0 Å². The van der Waals surface area contributed by atoms with E-state index >= 15 is 0 Å². The van der Waals surface area contributed by atoms with Crippen molar-refractivity contribution in [2.45, 2.75) is 58.5 Å². The zero-order valence-corrected chi connectivity index (χ0v) is 14.7. The minimum Gasteiger partial charge on any atom is -0.314 e. The molecule has 0 aromatic carbocycles. The van der Waals surface area contributed by atoms with E-state index in [1.54, 1.807) is 0 Å². The topological polar surface area (TPSA) is 49.4 Å². The second kappa shape index (κ2) is 7.42. The van der Waals surface area contributed by atoms with Gasteiger partial charge < -0.3 is 5.32 Å². The largest absolute Gasteiger partial charge is 0.314 e. The first kappa shape index (κ1) is 17.2. The summed E-state index contributed by atoms with van der Waals surface area (Å²) in [6.07, 6.45) is 5.04. The van der Waals surface area contributed by atoms with Gasteiger partial charge in [-0.2, -0.15) is 0 Å². The molecule has 4 atom stereocenters. The molecule has 1 saturated heterocycles. The lowest BCUT2D eigenvalue weighted by molar-refractivity contribution is 0.126. The summed E-state index contributed by atoms with van der Waals surface area (Å²) in [5.74, 6) is 2.15. The predicted octanol–water partition coefficient (Wildman–Crippen LogP) is 1.91. The van der Waals surface area contributed by atoms with Crippen LogP contribution in [0.3, 0.4) is 0 Å². The fourth-order valence-electron chi connectivity index (χ4n) is 3.90. The van der Waals surface area contributed by atoms with Crippen LogP contribution in [-0.2, 0) is 9.84 Å². The highest BCUT2D eigenvalue weighted by atomic mass is 32.2. The van der Waals surface area contributed by atoms with Crippen molar-refractivity contribution in [2.75, 3.05) is 31.1 Å². The van der Waals surface area contributed by atoms with E-state index in [0.29, 0.717) is 23.5 Å². The molecule has 1 aliphatic heterocycles. The molecular weight excluding hydrogens is 284 g/mol. The molecule has 0 aromatic rings.